The molecule has 0 N–H and O–H groups in total. The molecule has 2 heterocycles. The Kier molecular flexibility index (Phi) is 6.03. The number of methoxy groups -OCH3 is 1. The first-order chi connectivity index (χ1) is 10.6. The van der Waals surface area contributed by atoms with Crippen molar-refractivity contribution < 1.29 is 41.4 Å². The van der Waals surface area contributed by atoms with Crippen molar-refractivity contribution in [2.75, 3.05) is 14.2 Å². The third-order valence-electron chi connectivity index (χ3n) is 4.96. The molecule has 0 aliphatic carbocycles. The minimum Gasteiger partial charge on any atom is -0.469 e. The zero-order valence-electron chi connectivity index (χ0n) is 13.2. The van der Waals surface area contributed by atoms with Crippen LogP contribution in [0.4, 0.5) is 0 Å². The Morgan fingerprint density at radius 1 is 1.17 bits per heavy atom. The zero-order valence-corrected chi connectivity index (χ0v) is 15.4. The average molecular weight is 500 g/mol. The second-order valence-corrected chi connectivity index (χ2v) is 6.06. The maximum atomic E-state index is 12.3. The first-order valence-corrected chi connectivity index (χ1v) is 7.67. The molecular formula is C17H21AuNO4. The molecule has 1 radical (unpaired) electrons. The van der Waals surface area contributed by atoms with E-state index in [-0.39, 0.29) is 40.4 Å². The molecule has 4 atom stereocenters. The fraction of sp³-hybridized carbons (Fsp3) is 0.529. The van der Waals surface area contributed by atoms with Gasteiger partial charge < -0.3 is 9.47 Å². The normalized spacial score (nSPS) is 29.5. The van der Waals surface area contributed by atoms with Crippen LogP contribution in [0.1, 0.15) is 29.6 Å². The van der Waals surface area contributed by atoms with E-state index in [9.17, 15) is 9.59 Å². The van der Waals surface area contributed by atoms with E-state index in [1.807, 2.05) is 13.1 Å². The van der Waals surface area contributed by atoms with E-state index in [4.69, 9.17) is 9.47 Å². The summed E-state index contributed by atoms with van der Waals surface area (Å²) in [6.07, 6.45) is 2.26. The quantitative estimate of drug-likeness (QED) is 0.469. The van der Waals surface area contributed by atoms with E-state index in [0.717, 1.165) is 12.8 Å². The monoisotopic (exact) mass is 500 g/mol. The van der Waals surface area contributed by atoms with Gasteiger partial charge in [0, 0.05) is 40.9 Å². The van der Waals surface area contributed by atoms with Crippen molar-refractivity contribution in [2.45, 2.75) is 37.5 Å². The molecule has 2 aliphatic heterocycles. The van der Waals surface area contributed by atoms with Crippen molar-refractivity contribution in [3.05, 3.63) is 35.9 Å². The summed E-state index contributed by atoms with van der Waals surface area (Å²) >= 11 is 0. The van der Waals surface area contributed by atoms with Gasteiger partial charge in [-0.2, -0.15) is 0 Å². The van der Waals surface area contributed by atoms with Crippen molar-refractivity contribution in [3.63, 3.8) is 0 Å². The van der Waals surface area contributed by atoms with Crippen LogP contribution in [0.25, 0.3) is 0 Å². The number of carbonyl (C=O) groups is 2. The second kappa shape index (κ2) is 7.62. The van der Waals surface area contributed by atoms with Crippen LogP contribution < -0.4 is 0 Å². The van der Waals surface area contributed by atoms with Crippen molar-refractivity contribution >= 4 is 11.9 Å². The molecule has 2 saturated heterocycles. The number of ether oxygens (including phenoxy) is 2. The van der Waals surface area contributed by atoms with Crippen LogP contribution >= 0.6 is 0 Å². The van der Waals surface area contributed by atoms with Gasteiger partial charge in [-0.1, -0.05) is 18.2 Å². The minimum absolute atomic E-state index is 0. The largest absolute Gasteiger partial charge is 0.469 e. The standard InChI is InChI=1S/C17H21NO4.Au/c1-18-12-8-9-13(18)15(17(20)21-2)14(10-12)22-16(19)11-6-4-3-5-7-11;/h3-7,12-15H,8-10H2,1-2H3;/t12-,13+,14-,15+;/m0./s1. The summed E-state index contributed by atoms with van der Waals surface area (Å²) < 4.78 is 10.6. The number of nitrogens with zero attached hydrogens (tertiary/aromatic N) is 1. The number of hydrogen-bond donors (Lipinski definition) is 0. The van der Waals surface area contributed by atoms with Crippen LogP contribution in [0.3, 0.4) is 0 Å². The van der Waals surface area contributed by atoms with E-state index in [1.54, 1.807) is 24.3 Å². The Balaban J connectivity index is 0.00000192. The van der Waals surface area contributed by atoms with E-state index in [0.29, 0.717) is 18.0 Å². The van der Waals surface area contributed by atoms with E-state index in [1.165, 1.54) is 7.11 Å². The van der Waals surface area contributed by atoms with Gasteiger partial charge in [0.05, 0.1) is 12.7 Å². The van der Waals surface area contributed by atoms with Gasteiger partial charge in [-0.3, -0.25) is 9.69 Å². The molecule has 0 aromatic heterocycles. The SMILES string of the molecule is COC(=O)[C@H]1[C@@H](OC(=O)c2ccccc2)C[C@@H]2CC[C@H]1N2C.[Au]. The van der Waals surface area contributed by atoms with Gasteiger partial charge in [-0.25, -0.2) is 4.79 Å². The third kappa shape index (κ3) is 3.53. The Hall–Kier alpha value is -1.14. The average Bonchev–Trinajstić information content (AvgIpc) is 2.78. The van der Waals surface area contributed by atoms with Crippen LogP contribution in [0.5, 0.6) is 0 Å². The van der Waals surface area contributed by atoms with Crippen LogP contribution in [0, 0.1) is 5.92 Å². The van der Waals surface area contributed by atoms with Gasteiger partial charge in [0.25, 0.3) is 0 Å². The molecule has 129 valence electrons. The summed E-state index contributed by atoms with van der Waals surface area (Å²) in [6.45, 7) is 0. The number of rotatable bonds is 3. The molecule has 0 unspecified atom stereocenters. The number of carbonyl (C=O) groups excluding carboxylic acids is 2. The van der Waals surface area contributed by atoms with Crippen LogP contribution in [-0.2, 0) is 36.6 Å². The molecule has 1 aromatic carbocycles. The van der Waals surface area contributed by atoms with Gasteiger partial charge in [0.15, 0.2) is 0 Å². The molecule has 0 saturated carbocycles. The van der Waals surface area contributed by atoms with Gasteiger partial charge in [-0.05, 0) is 32.0 Å². The molecule has 2 aliphatic rings. The van der Waals surface area contributed by atoms with Crippen molar-refractivity contribution in [1.82, 2.24) is 4.90 Å². The molecular weight excluding hydrogens is 479 g/mol. The molecule has 0 spiro atoms. The van der Waals surface area contributed by atoms with Crippen molar-refractivity contribution in [3.8, 4) is 0 Å². The summed E-state index contributed by atoms with van der Waals surface area (Å²) in [4.78, 5) is 26.7. The van der Waals surface area contributed by atoms with Crippen molar-refractivity contribution in [1.29, 1.82) is 0 Å². The third-order valence-corrected chi connectivity index (χ3v) is 4.96. The molecule has 1 aromatic rings. The molecule has 23 heavy (non-hydrogen) atoms. The van der Waals surface area contributed by atoms with E-state index < -0.39 is 12.0 Å². The van der Waals surface area contributed by atoms with Gasteiger partial charge in [0.2, 0.25) is 0 Å². The molecule has 2 bridgehead atoms. The Bertz CT molecular complexity index is 565. The van der Waals surface area contributed by atoms with Crippen molar-refractivity contribution in [2.24, 2.45) is 5.92 Å². The minimum atomic E-state index is -0.408. The summed E-state index contributed by atoms with van der Waals surface area (Å²) in [5.74, 6) is -1.06. The number of esters is 2. The summed E-state index contributed by atoms with van der Waals surface area (Å²) in [5, 5.41) is 0. The smallest absolute Gasteiger partial charge is 0.338 e. The van der Waals surface area contributed by atoms with Gasteiger partial charge in [-0.15, -0.1) is 0 Å². The number of piperidine rings is 1. The fourth-order valence-electron chi connectivity index (χ4n) is 3.77. The molecule has 0 amide bonds. The predicted molar refractivity (Wildman–Crippen MR) is 80.3 cm³/mol. The fourth-order valence-corrected chi connectivity index (χ4v) is 3.77. The summed E-state index contributed by atoms with van der Waals surface area (Å²) in [7, 11) is 3.42. The van der Waals surface area contributed by atoms with Crippen LogP contribution in [-0.4, -0.2) is 49.2 Å². The zero-order chi connectivity index (χ0) is 15.7. The van der Waals surface area contributed by atoms with E-state index >= 15 is 0 Å². The first-order valence-electron chi connectivity index (χ1n) is 7.67. The van der Waals surface area contributed by atoms with Crippen LogP contribution in [0.2, 0.25) is 0 Å². The Labute approximate surface area is 151 Å². The Morgan fingerprint density at radius 3 is 2.52 bits per heavy atom. The van der Waals surface area contributed by atoms with Gasteiger partial charge >= 0.3 is 11.9 Å². The molecule has 6 heteroatoms. The van der Waals surface area contributed by atoms with Crippen LogP contribution in [0.15, 0.2) is 30.3 Å². The molecule has 2 fully saturated rings. The topological polar surface area (TPSA) is 55.8 Å². The maximum absolute atomic E-state index is 12.3. The number of benzene rings is 1. The maximum Gasteiger partial charge on any atom is 0.338 e. The molecule has 5 nitrogen and oxygen atoms in total. The second-order valence-electron chi connectivity index (χ2n) is 6.06. The first kappa shape index (κ1) is 18.2. The summed E-state index contributed by atoms with van der Waals surface area (Å²) in [5.41, 5.74) is 0.511. The number of hydrogen-bond acceptors (Lipinski definition) is 5. The summed E-state index contributed by atoms with van der Waals surface area (Å²) in [6, 6.07) is 9.36. The number of fused-ring (bicyclic) bond motifs is 2. The van der Waals surface area contributed by atoms with E-state index in [2.05, 4.69) is 4.90 Å². The Morgan fingerprint density at radius 2 is 1.87 bits per heavy atom. The predicted octanol–water partition coefficient (Wildman–Crippen LogP) is 1.87. The molecule has 3 rings (SSSR count). The van der Waals surface area contributed by atoms with Gasteiger partial charge in [0.1, 0.15) is 12.0 Å².